The van der Waals surface area contributed by atoms with Gasteiger partial charge in [-0.2, -0.15) is 0 Å². The Bertz CT molecular complexity index is 378. The van der Waals surface area contributed by atoms with Crippen LogP contribution in [-0.4, -0.2) is 13.2 Å². The lowest BCUT2D eigenvalue weighted by atomic mass is 10.1. The van der Waals surface area contributed by atoms with Crippen molar-refractivity contribution in [1.29, 1.82) is 0 Å². The molecule has 0 fully saturated rings. The van der Waals surface area contributed by atoms with Gasteiger partial charge in [-0.3, -0.25) is 0 Å². The molecule has 1 heterocycles. The van der Waals surface area contributed by atoms with Gasteiger partial charge in [0.05, 0.1) is 18.6 Å². The molecule has 0 spiro atoms. The van der Waals surface area contributed by atoms with Crippen LogP contribution in [0, 0.1) is 5.92 Å². The van der Waals surface area contributed by atoms with Crippen molar-refractivity contribution in [3.63, 3.8) is 0 Å². The maximum atomic E-state index is 6.32. The molecular formula is C14H19ClO2. The van der Waals surface area contributed by atoms with Crippen LogP contribution in [0.2, 0.25) is 0 Å². The third-order valence-corrected chi connectivity index (χ3v) is 3.39. The minimum atomic E-state index is 0.0644. The highest BCUT2D eigenvalue weighted by molar-refractivity contribution is 6.20. The van der Waals surface area contributed by atoms with E-state index in [0.29, 0.717) is 19.1 Å². The molecule has 1 aromatic rings. The minimum Gasteiger partial charge on any atom is -0.489 e. The molecule has 0 saturated carbocycles. The lowest BCUT2D eigenvalue weighted by molar-refractivity contribution is 0.228. The number of ether oxygens (including phenoxy) is 2. The Morgan fingerprint density at radius 1 is 1.29 bits per heavy atom. The number of rotatable bonds is 3. The third kappa shape index (κ3) is 3.06. The van der Waals surface area contributed by atoms with E-state index in [1.54, 1.807) is 0 Å². The van der Waals surface area contributed by atoms with Gasteiger partial charge >= 0.3 is 0 Å². The van der Waals surface area contributed by atoms with Gasteiger partial charge in [0.2, 0.25) is 0 Å². The van der Waals surface area contributed by atoms with Crippen LogP contribution in [0.4, 0.5) is 0 Å². The first-order valence-electron chi connectivity index (χ1n) is 6.24. The quantitative estimate of drug-likeness (QED) is 0.754. The number of halogens is 1. The molecule has 1 aliphatic rings. The van der Waals surface area contributed by atoms with Gasteiger partial charge in [0, 0.05) is 5.92 Å². The molecule has 1 aromatic carbocycles. The zero-order valence-corrected chi connectivity index (χ0v) is 11.2. The van der Waals surface area contributed by atoms with Gasteiger partial charge in [-0.1, -0.05) is 26.3 Å². The minimum absolute atomic E-state index is 0.0644. The number of fused-ring (bicyclic) bond motifs is 1. The van der Waals surface area contributed by atoms with Crippen LogP contribution in [0.1, 0.15) is 37.6 Å². The lowest BCUT2D eigenvalue weighted by Gasteiger charge is -2.12. The zero-order chi connectivity index (χ0) is 12.3. The van der Waals surface area contributed by atoms with E-state index in [-0.39, 0.29) is 5.38 Å². The Morgan fingerprint density at radius 3 is 2.71 bits per heavy atom. The molecule has 3 heteroatoms. The van der Waals surface area contributed by atoms with Gasteiger partial charge in [-0.25, -0.2) is 0 Å². The highest BCUT2D eigenvalue weighted by atomic mass is 35.5. The molecule has 0 aliphatic carbocycles. The van der Waals surface area contributed by atoms with Crippen molar-refractivity contribution in [2.75, 3.05) is 13.2 Å². The molecule has 1 aliphatic heterocycles. The first-order chi connectivity index (χ1) is 8.20. The molecule has 17 heavy (non-hydrogen) atoms. The predicted octanol–water partition coefficient (Wildman–Crippen LogP) is 4.17. The van der Waals surface area contributed by atoms with Crippen LogP contribution in [-0.2, 0) is 0 Å². The molecule has 0 amide bonds. The van der Waals surface area contributed by atoms with E-state index >= 15 is 0 Å². The van der Waals surface area contributed by atoms with Crippen LogP contribution < -0.4 is 9.47 Å². The number of hydrogen-bond acceptors (Lipinski definition) is 2. The summed E-state index contributed by atoms with van der Waals surface area (Å²) in [6, 6.07) is 6.01. The predicted molar refractivity (Wildman–Crippen MR) is 70.1 cm³/mol. The summed E-state index contributed by atoms with van der Waals surface area (Å²) in [6.07, 6.45) is 2.07. The summed E-state index contributed by atoms with van der Waals surface area (Å²) in [5.41, 5.74) is 1.12. The Labute approximate surface area is 108 Å². The molecule has 0 bridgehead atoms. The largest absolute Gasteiger partial charge is 0.489 e. The SMILES string of the molecule is CCCC(Cl)c1ccc2c(c1)OCC(C)CO2. The average molecular weight is 255 g/mol. The van der Waals surface area contributed by atoms with Crippen LogP contribution in [0.3, 0.4) is 0 Å². The average Bonchev–Trinajstić information content (AvgIpc) is 2.52. The van der Waals surface area contributed by atoms with Crippen molar-refractivity contribution in [1.82, 2.24) is 0 Å². The first kappa shape index (κ1) is 12.6. The molecular weight excluding hydrogens is 236 g/mol. The van der Waals surface area contributed by atoms with Gasteiger partial charge < -0.3 is 9.47 Å². The Kier molecular flexibility index (Phi) is 4.16. The summed E-state index contributed by atoms with van der Waals surface area (Å²) >= 11 is 6.32. The van der Waals surface area contributed by atoms with E-state index in [0.717, 1.165) is 29.9 Å². The Hall–Kier alpha value is -0.890. The molecule has 2 rings (SSSR count). The highest BCUT2D eigenvalue weighted by Crippen LogP contribution is 2.35. The summed E-state index contributed by atoms with van der Waals surface area (Å²) in [6.45, 7) is 5.68. The Balaban J connectivity index is 2.19. The molecule has 0 aromatic heterocycles. The maximum Gasteiger partial charge on any atom is 0.161 e. The molecule has 2 unspecified atom stereocenters. The van der Waals surface area contributed by atoms with Crippen LogP contribution >= 0.6 is 11.6 Å². The monoisotopic (exact) mass is 254 g/mol. The van der Waals surface area contributed by atoms with Crippen molar-refractivity contribution in [2.24, 2.45) is 5.92 Å². The summed E-state index contributed by atoms with van der Waals surface area (Å²) < 4.78 is 11.4. The summed E-state index contributed by atoms with van der Waals surface area (Å²) in [5, 5.41) is 0.0644. The second-order valence-electron chi connectivity index (χ2n) is 4.69. The normalized spacial score (nSPS) is 20.8. The summed E-state index contributed by atoms with van der Waals surface area (Å²) in [5.74, 6) is 2.08. The summed E-state index contributed by atoms with van der Waals surface area (Å²) in [4.78, 5) is 0. The first-order valence-corrected chi connectivity index (χ1v) is 6.68. The van der Waals surface area contributed by atoms with Crippen LogP contribution in [0.5, 0.6) is 11.5 Å². The van der Waals surface area contributed by atoms with Gasteiger partial charge in [-0.05, 0) is 24.1 Å². The van der Waals surface area contributed by atoms with Gasteiger partial charge in [-0.15, -0.1) is 11.6 Å². The molecule has 0 radical (unpaired) electrons. The number of benzene rings is 1. The van der Waals surface area contributed by atoms with E-state index in [4.69, 9.17) is 21.1 Å². The van der Waals surface area contributed by atoms with E-state index in [9.17, 15) is 0 Å². The fraction of sp³-hybridized carbons (Fsp3) is 0.571. The molecule has 94 valence electrons. The van der Waals surface area contributed by atoms with Crippen molar-refractivity contribution < 1.29 is 9.47 Å². The van der Waals surface area contributed by atoms with Crippen molar-refractivity contribution in [3.8, 4) is 11.5 Å². The lowest BCUT2D eigenvalue weighted by Crippen LogP contribution is -2.12. The van der Waals surface area contributed by atoms with E-state index in [1.165, 1.54) is 0 Å². The van der Waals surface area contributed by atoms with E-state index in [1.807, 2.05) is 18.2 Å². The van der Waals surface area contributed by atoms with Gasteiger partial charge in [0.1, 0.15) is 0 Å². The zero-order valence-electron chi connectivity index (χ0n) is 10.4. The van der Waals surface area contributed by atoms with Crippen molar-refractivity contribution in [3.05, 3.63) is 23.8 Å². The van der Waals surface area contributed by atoms with Crippen LogP contribution in [0.15, 0.2) is 18.2 Å². The molecule has 0 N–H and O–H groups in total. The highest BCUT2D eigenvalue weighted by Gasteiger charge is 2.17. The summed E-state index contributed by atoms with van der Waals surface area (Å²) in [7, 11) is 0. The van der Waals surface area contributed by atoms with Crippen molar-refractivity contribution in [2.45, 2.75) is 32.1 Å². The smallest absolute Gasteiger partial charge is 0.161 e. The second kappa shape index (κ2) is 5.63. The Morgan fingerprint density at radius 2 is 2.00 bits per heavy atom. The number of hydrogen-bond donors (Lipinski definition) is 0. The third-order valence-electron chi connectivity index (χ3n) is 2.92. The van der Waals surface area contributed by atoms with E-state index in [2.05, 4.69) is 13.8 Å². The second-order valence-corrected chi connectivity index (χ2v) is 5.22. The molecule has 2 atom stereocenters. The van der Waals surface area contributed by atoms with Crippen molar-refractivity contribution >= 4 is 11.6 Å². The van der Waals surface area contributed by atoms with E-state index < -0.39 is 0 Å². The number of alkyl halides is 1. The van der Waals surface area contributed by atoms with Crippen LogP contribution in [0.25, 0.3) is 0 Å². The fourth-order valence-electron chi connectivity index (χ4n) is 1.88. The maximum absolute atomic E-state index is 6.32. The fourth-order valence-corrected chi connectivity index (χ4v) is 2.24. The van der Waals surface area contributed by atoms with Gasteiger partial charge in [0.15, 0.2) is 11.5 Å². The standard InChI is InChI=1S/C14H19ClO2/c1-3-4-12(15)11-5-6-13-14(7-11)17-9-10(2)8-16-13/h5-7,10,12H,3-4,8-9H2,1-2H3. The molecule has 0 saturated heterocycles. The van der Waals surface area contributed by atoms with Gasteiger partial charge in [0.25, 0.3) is 0 Å². The topological polar surface area (TPSA) is 18.5 Å². The molecule has 2 nitrogen and oxygen atoms in total.